The number of anilines is 1. The molecule has 0 saturated carbocycles. The van der Waals surface area contributed by atoms with Gasteiger partial charge in [-0.15, -0.1) is 0 Å². The zero-order valence-corrected chi connectivity index (χ0v) is 18.1. The van der Waals surface area contributed by atoms with E-state index in [4.69, 9.17) is 22.1 Å². The molecule has 0 spiro atoms. The van der Waals surface area contributed by atoms with Gasteiger partial charge in [0.25, 0.3) is 0 Å². The third kappa shape index (κ3) is 5.29. The lowest BCUT2D eigenvalue weighted by Gasteiger charge is -2.11. The van der Waals surface area contributed by atoms with Gasteiger partial charge < -0.3 is 15.4 Å². The van der Waals surface area contributed by atoms with Crippen LogP contribution in [0.15, 0.2) is 91.1 Å². The number of hydrogen-bond acceptors (Lipinski definition) is 3. The zero-order chi connectivity index (χ0) is 21.5. The fourth-order valence-corrected chi connectivity index (χ4v) is 3.43. The van der Waals surface area contributed by atoms with Crippen LogP contribution in [0.4, 0.5) is 5.69 Å². The summed E-state index contributed by atoms with van der Waals surface area (Å²) < 4.78 is 7.38. The van der Waals surface area contributed by atoms with Gasteiger partial charge in [0.05, 0.1) is 18.0 Å². The van der Waals surface area contributed by atoms with Crippen molar-refractivity contribution in [2.75, 3.05) is 11.9 Å². The Morgan fingerprint density at radius 1 is 0.935 bits per heavy atom. The van der Waals surface area contributed by atoms with E-state index in [2.05, 4.69) is 22.8 Å². The van der Waals surface area contributed by atoms with Gasteiger partial charge in [-0.1, -0.05) is 48.5 Å². The van der Waals surface area contributed by atoms with Crippen molar-refractivity contribution in [3.63, 3.8) is 0 Å². The van der Waals surface area contributed by atoms with Gasteiger partial charge in [0.1, 0.15) is 5.75 Å². The molecule has 156 valence electrons. The van der Waals surface area contributed by atoms with E-state index in [1.54, 1.807) is 0 Å². The number of nitrogens with zero attached hydrogens (tertiary/aromatic N) is 2. The maximum Gasteiger partial charge on any atom is 0.171 e. The molecule has 0 aliphatic rings. The van der Waals surface area contributed by atoms with E-state index < -0.39 is 0 Å². The molecule has 0 unspecified atom stereocenters. The highest BCUT2D eigenvalue weighted by molar-refractivity contribution is 7.80. The van der Waals surface area contributed by atoms with E-state index in [0.29, 0.717) is 18.3 Å². The van der Waals surface area contributed by atoms with E-state index >= 15 is 0 Å². The van der Waals surface area contributed by atoms with Crippen LogP contribution in [0.5, 0.6) is 5.75 Å². The predicted molar refractivity (Wildman–Crippen MR) is 130 cm³/mol. The van der Waals surface area contributed by atoms with Crippen molar-refractivity contribution >= 4 is 23.0 Å². The maximum atomic E-state index is 5.50. The van der Waals surface area contributed by atoms with Gasteiger partial charge in [0, 0.05) is 29.6 Å². The predicted octanol–water partition coefficient (Wildman–Crippen LogP) is 5.42. The van der Waals surface area contributed by atoms with Gasteiger partial charge in [0.2, 0.25) is 0 Å². The quantitative estimate of drug-likeness (QED) is 0.385. The number of nitrogens with one attached hydrogen (secondary N) is 2. The highest BCUT2D eigenvalue weighted by Gasteiger charge is 2.12. The minimum Gasteiger partial charge on any atom is -0.494 e. The first-order valence-corrected chi connectivity index (χ1v) is 10.6. The first-order valence-electron chi connectivity index (χ1n) is 10.2. The van der Waals surface area contributed by atoms with Gasteiger partial charge in [-0.3, -0.25) is 0 Å². The number of aromatic nitrogens is 2. The van der Waals surface area contributed by atoms with E-state index in [9.17, 15) is 0 Å². The Hall–Kier alpha value is -3.64. The van der Waals surface area contributed by atoms with Crippen LogP contribution in [-0.4, -0.2) is 21.5 Å². The molecule has 31 heavy (non-hydrogen) atoms. The molecule has 4 rings (SSSR count). The first kappa shape index (κ1) is 20.6. The lowest BCUT2D eigenvalue weighted by Crippen LogP contribution is -2.27. The number of para-hydroxylation sites is 1. The van der Waals surface area contributed by atoms with E-state index in [-0.39, 0.29) is 0 Å². The average Bonchev–Trinajstić information content (AvgIpc) is 3.25. The van der Waals surface area contributed by atoms with Crippen molar-refractivity contribution in [1.82, 2.24) is 15.1 Å². The third-order valence-electron chi connectivity index (χ3n) is 4.72. The first-order chi connectivity index (χ1) is 15.2. The van der Waals surface area contributed by atoms with Crippen LogP contribution in [0.2, 0.25) is 0 Å². The summed E-state index contributed by atoms with van der Waals surface area (Å²) in [7, 11) is 0. The standard InChI is InChI=1S/C25H24N4OS/c1-2-30-23-15-13-21(14-16-23)27-25(31)26-17-20-18-29(22-11-7-4-8-12-22)28-24(20)19-9-5-3-6-10-19/h3-16,18H,2,17H2,1H3,(H2,26,27,31). The Bertz CT molecular complexity index is 1130. The van der Waals surface area contributed by atoms with Gasteiger partial charge in [-0.05, 0) is 55.5 Å². The smallest absolute Gasteiger partial charge is 0.171 e. The molecule has 0 amide bonds. The Morgan fingerprint density at radius 3 is 2.29 bits per heavy atom. The molecule has 0 saturated heterocycles. The monoisotopic (exact) mass is 428 g/mol. The number of thiocarbonyl (C=S) groups is 1. The van der Waals surface area contributed by atoms with Crippen molar-refractivity contribution in [2.24, 2.45) is 0 Å². The van der Waals surface area contributed by atoms with E-state index in [1.165, 1.54) is 0 Å². The SMILES string of the molecule is CCOc1ccc(NC(=S)NCc2cn(-c3ccccc3)nc2-c2ccccc2)cc1. The van der Waals surface area contributed by atoms with E-state index in [1.807, 2.05) is 90.6 Å². The van der Waals surface area contributed by atoms with Crippen LogP contribution < -0.4 is 15.4 Å². The summed E-state index contributed by atoms with van der Waals surface area (Å²) in [5.41, 5.74) is 4.98. The minimum absolute atomic E-state index is 0.552. The third-order valence-corrected chi connectivity index (χ3v) is 4.97. The number of hydrogen-bond donors (Lipinski definition) is 2. The number of ether oxygens (including phenoxy) is 1. The van der Waals surface area contributed by atoms with Gasteiger partial charge in [-0.25, -0.2) is 4.68 Å². The fourth-order valence-electron chi connectivity index (χ4n) is 3.24. The van der Waals surface area contributed by atoms with Crippen molar-refractivity contribution < 1.29 is 4.74 Å². The highest BCUT2D eigenvalue weighted by atomic mass is 32.1. The largest absolute Gasteiger partial charge is 0.494 e. The number of rotatable bonds is 7. The average molecular weight is 429 g/mol. The summed E-state index contributed by atoms with van der Waals surface area (Å²) in [4.78, 5) is 0. The summed E-state index contributed by atoms with van der Waals surface area (Å²) in [6, 6.07) is 28.0. The molecule has 0 radical (unpaired) electrons. The van der Waals surface area contributed by atoms with Crippen LogP contribution in [-0.2, 0) is 6.54 Å². The van der Waals surface area contributed by atoms with Crippen molar-refractivity contribution in [1.29, 1.82) is 0 Å². The molecule has 0 fully saturated rings. The van der Waals surface area contributed by atoms with Crippen molar-refractivity contribution in [3.05, 3.63) is 96.7 Å². The molecule has 0 aliphatic heterocycles. The van der Waals surface area contributed by atoms with Crippen LogP contribution >= 0.6 is 12.2 Å². The van der Waals surface area contributed by atoms with Crippen LogP contribution in [0.25, 0.3) is 16.9 Å². The van der Waals surface area contributed by atoms with Crippen LogP contribution in [0.3, 0.4) is 0 Å². The zero-order valence-electron chi connectivity index (χ0n) is 17.3. The second-order valence-electron chi connectivity index (χ2n) is 6.91. The Balaban J connectivity index is 1.49. The van der Waals surface area contributed by atoms with Crippen molar-refractivity contribution in [2.45, 2.75) is 13.5 Å². The lowest BCUT2D eigenvalue weighted by molar-refractivity contribution is 0.340. The summed E-state index contributed by atoms with van der Waals surface area (Å²) in [5, 5.41) is 11.9. The summed E-state index contributed by atoms with van der Waals surface area (Å²) in [6.45, 7) is 3.17. The Labute approximate surface area is 187 Å². The molecule has 4 aromatic rings. The fraction of sp³-hybridized carbons (Fsp3) is 0.120. The van der Waals surface area contributed by atoms with Crippen LogP contribution in [0.1, 0.15) is 12.5 Å². The van der Waals surface area contributed by atoms with Gasteiger partial charge >= 0.3 is 0 Å². The summed E-state index contributed by atoms with van der Waals surface area (Å²) >= 11 is 5.50. The molecule has 0 aliphatic carbocycles. The van der Waals surface area contributed by atoms with E-state index in [0.717, 1.165) is 33.9 Å². The molecule has 0 atom stereocenters. The molecular formula is C25H24N4OS. The molecule has 1 aromatic heterocycles. The summed E-state index contributed by atoms with van der Waals surface area (Å²) in [6.07, 6.45) is 2.05. The number of benzene rings is 3. The highest BCUT2D eigenvalue weighted by Crippen LogP contribution is 2.23. The molecule has 6 heteroatoms. The minimum atomic E-state index is 0.552. The van der Waals surface area contributed by atoms with Gasteiger partial charge in [-0.2, -0.15) is 5.10 Å². The molecule has 0 bridgehead atoms. The Kier molecular flexibility index (Phi) is 6.59. The van der Waals surface area contributed by atoms with Crippen LogP contribution in [0, 0.1) is 0 Å². The molecule has 2 N–H and O–H groups in total. The normalized spacial score (nSPS) is 10.5. The molecule has 5 nitrogen and oxygen atoms in total. The summed E-state index contributed by atoms with van der Waals surface area (Å²) in [5.74, 6) is 0.841. The Morgan fingerprint density at radius 2 is 1.61 bits per heavy atom. The molecular weight excluding hydrogens is 404 g/mol. The lowest BCUT2D eigenvalue weighted by atomic mass is 10.1. The second-order valence-corrected chi connectivity index (χ2v) is 7.32. The second kappa shape index (κ2) is 9.91. The molecule has 1 heterocycles. The topological polar surface area (TPSA) is 51.1 Å². The van der Waals surface area contributed by atoms with Crippen molar-refractivity contribution in [3.8, 4) is 22.7 Å². The van der Waals surface area contributed by atoms with Gasteiger partial charge in [0.15, 0.2) is 5.11 Å². The maximum absolute atomic E-state index is 5.50. The molecule has 3 aromatic carbocycles.